The maximum atomic E-state index is 8.58. The molecule has 0 bridgehead atoms. The van der Waals surface area contributed by atoms with Crippen LogP contribution in [0, 0.1) is 0 Å². The van der Waals surface area contributed by atoms with Gasteiger partial charge in [0.1, 0.15) is 0 Å². The topological polar surface area (TPSA) is 92.2 Å². The van der Waals surface area contributed by atoms with E-state index >= 15 is 0 Å². The summed E-state index contributed by atoms with van der Waals surface area (Å²) in [5.41, 5.74) is 0. The standard InChI is InChI=1S/O4Si.Pb.Zn/c1-5(2,3)4;;/q-4;2*+2. The van der Waals surface area contributed by atoms with E-state index in [-0.39, 0.29) is 46.8 Å². The van der Waals surface area contributed by atoms with E-state index in [9.17, 15) is 0 Å². The molecule has 0 aromatic heterocycles. The second-order valence-electron chi connectivity index (χ2n) is 0.500. The van der Waals surface area contributed by atoms with Crippen LogP contribution in [0.2, 0.25) is 0 Å². The molecule has 7 heavy (non-hydrogen) atoms. The van der Waals surface area contributed by atoms with E-state index < -0.39 is 9.05 Å². The van der Waals surface area contributed by atoms with Crippen molar-refractivity contribution >= 4 is 36.3 Å². The molecule has 0 rings (SSSR count). The van der Waals surface area contributed by atoms with Crippen LogP contribution in [0.25, 0.3) is 0 Å². The Labute approximate surface area is 74.6 Å². The Morgan fingerprint density at radius 2 is 0.857 bits per heavy atom. The first-order chi connectivity index (χ1) is 2.00. The average Bonchev–Trinajstić information content (AvgIpc) is 0.722. The molecule has 2 radical (unpaired) electrons. The van der Waals surface area contributed by atoms with Gasteiger partial charge in [-0.1, -0.05) is 0 Å². The molecule has 0 aromatic rings. The van der Waals surface area contributed by atoms with Gasteiger partial charge in [-0.25, -0.2) is 0 Å². The van der Waals surface area contributed by atoms with Gasteiger partial charge in [0.15, 0.2) is 0 Å². The second-order valence-corrected chi connectivity index (χ2v) is 1.50. The van der Waals surface area contributed by atoms with Gasteiger partial charge in [0.25, 0.3) is 0 Å². The predicted octanol–water partition coefficient (Wildman–Crippen LogP) is -5.52. The molecule has 0 aliphatic heterocycles. The molecule has 0 fully saturated rings. The Hall–Kier alpha value is 1.60. The van der Waals surface area contributed by atoms with Gasteiger partial charge < -0.3 is 28.2 Å². The molecule has 0 aromatic carbocycles. The van der Waals surface area contributed by atoms with Gasteiger partial charge in [-0.05, 0) is 0 Å². The minimum absolute atomic E-state index is 0. The monoisotopic (exact) mass is 364 g/mol. The summed E-state index contributed by atoms with van der Waals surface area (Å²) in [6.45, 7) is 0. The normalized spacial score (nSPS) is 8.57. The van der Waals surface area contributed by atoms with Crippen molar-refractivity contribution in [3.63, 3.8) is 0 Å². The Morgan fingerprint density at radius 1 is 0.857 bits per heavy atom. The van der Waals surface area contributed by atoms with E-state index in [0.29, 0.717) is 0 Å². The van der Waals surface area contributed by atoms with Crippen LogP contribution in [0.4, 0.5) is 0 Å². The molecule has 7 heteroatoms. The van der Waals surface area contributed by atoms with Gasteiger partial charge in [-0.15, -0.1) is 0 Å². The average molecular weight is 365 g/mol. The molecular formula is O4PbSiZn. The first-order valence-corrected chi connectivity index (χ1v) is 2.45. The SMILES string of the molecule is [O-][Si]([O-])([O-])[O-].[Pb+2].[Zn+2]. The van der Waals surface area contributed by atoms with Gasteiger partial charge in [0.05, 0.1) is 0 Å². The fraction of sp³-hybridized carbons (Fsp3) is 0. The van der Waals surface area contributed by atoms with Gasteiger partial charge in [0.2, 0.25) is 0 Å². The van der Waals surface area contributed by atoms with Crippen LogP contribution in [0.3, 0.4) is 0 Å². The van der Waals surface area contributed by atoms with Crippen molar-refractivity contribution in [1.82, 2.24) is 0 Å². The summed E-state index contributed by atoms with van der Waals surface area (Å²) in [4.78, 5) is 34.3. The summed E-state index contributed by atoms with van der Waals surface area (Å²) in [5.74, 6) is 0. The zero-order valence-corrected chi connectivity index (χ0v) is 11.2. The molecule has 0 saturated heterocycles. The second kappa shape index (κ2) is 5.73. The van der Waals surface area contributed by atoms with Crippen LogP contribution in [-0.4, -0.2) is 36.3 Å². The van der Waals surface area contributed by atoms with Crippen LogP contribution in [-0.2, 0) is 19.5 Å². The fourth-order valence-electron chi connectivity index (χ4n) is 0. The Balaban J connectivity index is -0.0000000800. The molecule has 0 aliphatic rings. The minimum Gasteiger partial charge on any atom is -0.894 e. The summed E-state index contributed by atoms with van der Waals surface area (Å²) in [7, 11) is -5.61. The van der Waals surface area contributed by atoms with Crippen LogP contribution < -0.4 is 19.2 Å². The van der Waals surface area contributed by atoms with Crippen molar-refractivity contribution in [3.8, 4) is 0 Å². The van der Waals surface area contributed by atoms with E-state index in [0.717, 1.165) is 0 Å². The summed E-state index contributed by atoms with van der Waals surface area (Å²) < 4.78 is 0. The fourth-order valence-corrected chi connectivity index (χ4v) is 0. The van der Waals surface area contributed by atoms with Gasteiger partial charge in [-0.2, -0.15) is 0 Å². The summed E-state index contributed by atoms with van der Waals surface area (Å²) >= 11 is 0. The maximum absolute atomic E-state index is 8.58. The number of rotatable bonds is 0. The Kier molecular flexibility index (Phi) is 13.0. The van der Waals surface area contributed by atoms with Crippen molar-refractivity contribution < 1.29 is 38.7 Å². The van der Waals surface area contributed by atoms with Gasteiger partial charge >= 0.3 is 46.8 Å². The molecule has 0 spiro atoms. The predicted molar refractivity (Wildman–Crippen MR) is 11.5 cm³/mol. The maximum Gasteiger partial charge on any atom is 2.00 e. The Morgan fingerprint density at radius 3 is 0.857 bits per heavy atom. The van der Waals surface area contributed by atoms with Crippen molar-refractivity contribution in [2.75, 3.05) is 0 Å². The first-order valence-electron chi connectivity index (χ1n) is 0.816. The molecule has 0 heterocycles. The molecule has 0 amide bonds. The zero-order valence-electron chi connectivity index (χ0n) is 3.34. The minimum atomic E-state index is -5.61. The quantitative estimate of drug-likeness (QED) is 0.401. The van der Waals surface area contributed by atoms with Crippen molar-refractivity contribution in [2.45, 2.75) is 0 Å². The van der Waals surface area contributed by atoms with Crippen LogP contribution in [0.15, 0.2) is 0 Å². The Bertz CT molecular complexity index is 27.2. The van der Waals surface area contributed by atoms with Gasteiger partial charge in [0, 0.05) is 0 Å². The molecule has 0 aliphatic carbocycles. The van der Waals surface area contributed by atoms with E-state index in [1.165, 1.54) is 0 Å². The third-order valence-electron chi connectivity index (χ3n) is 0. The number of hydrogen-bond donors (Lipinski definition) is 0. The van der Waals surface area contributed by atoms with E-state index in [2.05, 4.69) is 0 Å². The molecule has 4 nitrogen and oxygen atoms in total. The first kappa shape index (κ1) is 15.8. The zero-order chi connectivity index (χ0) is 4.50. The molecule has 0 N–H and O–H groups in total. The molecule has 0 saturated carbocycles. The smallest absolute Gasteiger partial charge is 0.894 e. The third kappa shape index (κ3) is 92.9. The summed E-state index contributed by atoms with van der Waals surface area (Å²) in [5, 5.41) is 0. The van der Waals surface area contributed by atoms with Crippen molar-refractivity contribution in [3.05, 3.63) is 0 Å². The van der Waals surface area contributed by atoms with E-state index in [1.807, 2.05) is 0 Å². The molecule has 0 unspecified atom stereocenters. The summed E-state index contributed by atoms with van der Waals surface area (Å²) in [6, 6.07) is 0. The van der Waals surface area contributed by atoms with E-state index in [4.69, 9.17) is 19.2 Å². The van der Waals surface area contributed by atoms with Crippen LogP contribution >= 0.6 is 0 Å². The largest absolute Gasteiger partial charge is 2.00 e. The van der Waals surface area contributed by atoms with Crippen LogP contribution in [0.1, 0.15) is 0 Å². The van der Waals surface area contributed by atoms with Crippen LogP contribution in [0.5, 0.6) is 0 Å². The molecule has 0 atom stereocenters. The molecule has 34 valence electrons. The summed E-state index contributed by atoms with van der Waals surface area (Å²) in [6.07, 6.45) is 0. The number of hydrogen-bond acceptors (Lipinski definition) is 4. The van der Waals surface area contributed by atoms with Gasteiger partial charge in [-0.3, -0.25) is 0 Å². The molecular weight excluding hydrogens is 365 g/mol. The van der Waals surface area contributed by atoms with Crippen molar-refractivity contribution in [2.24, 2.45) is 0 Å². The van der Waals surface area contributed by atoms with Crippen molar-refractivity contribution in [1.29, 1.82) is 0 Å². The third-order valence-corrected chi connectivity index (χ3v) is 0. The van der Waals surface area contributed by atoms with E-state index in [1.54, 1.807) is 0 Å².